The number of benzene rings is 2. The average Bonchev–Trinajstić information content (AvgIpc) is 2.80. The number of nitro benzene ring substituents is 1. The lowest BCUT2D eigenvalue weighted by Crippen LogP contribution is -2.21. The molecule has 1 N–H and O–H groups in total. The lowest BCUT2D eigenvalue weighted by atomic mass is 9.84. The van der Waals surface area contributed by atoms with Gasteiger partial charge in [-0.25, -0.2) is 4.79 Å². The summed E-state index contributed by atoms with van der Waals surface area (Å²) in [6.45, 7) is 8.26. The zero-order valence-corrected chi connectivity index (χ0v) is 15.1. The summed E-state index contributed by atoms with van der Waals surface area (Å²) in [5.41, 5.74) is 2.72. The second-order valence-electron chi connectivity index (χ2n) is 6.80. The van der Waals surface area contributed by atoms with Crippen LogP contribution in [0.15, 0.2) is 58.9 Å². The summed E-state index contributed by atoms with van der Waals surface area (Å²) < 4.78 is 0. The molecule has 138 valence electrons. The predicted octanol–water partition coefficient (Wildman–Crippen LogP) is 4.95. The molecule has 0 spiro atoms. The standard InChI is InChI=1S/C19H18N4O4/c1-11-19(2,3)14-10-13(6-8-16(14)22(11)4)20-21-15-7-5-12(18(24)25)9-17(15)23(26)27/h5-10H,1H2,2-4H3,(H,24,25)/b21-20-. The summed E-state index contributed by atoms with van der Waals surface area (Å²) in [6.07, 6.45) is 0. The molecule has 2 aromatic rings. The van der Waals surface area contributed by atoms with Crippen molar-refractivity contribution in [3.8, 4) is 0 Å². The first-order valence-corrected chi connectivity index (χ1v) is 8.14. The molecule has 0 aromatic heterocycles. The predicted molar refractivity (Wildman–Crippen MR) is 101 cm³/mol. The fourth-order valence-corrected chi connectivity index (χ4v) is 3.10. The van der Waals surface area contributed by atoms with Gasteiger partial charge in [0.05, 0.1) is 16.2 Å². The van der Waals surface area contributed by atoms with Crippen molar-refractivity contribution in [1.82, 2.24) is 0 Å². The summed E-state index contributed by atoms with van der Waals surface area (Å²) in [6, 6.07) is 9.06. The first-order chi connectivity index (χ1) is 12.6. The Bertz CT molecular complexity index is 1010. The van der Waals surface area contributed by atoms with Crippen LogP contribution in [0.4, 0.5) is 22.7 Å². The summed E-state index contributed by atoms with van der Waals surface area (Å²) in [7, 11) is 1.95. The van der Waals surface area contributed by atoms with E-state index < -0.39 is 16.6 Å². The highest BCUT2D eigenvalue weighted by Gasteiger charge is 2.37. The number of likely N-dealkylation sites (N-methyl/N-ethyl adjacent to an activating group) is 1. The Hall–Kier alpha value is -3.55. The van der Waals surface area contributed by atoms with Gasteiger partial charge >= 0.3 is 5.97 Å². The van der Waals surface area contributed by atoms with Crippen LogP contribution in [-0.2, 0) is 5.41 Å². The van der Waals surface area contributed by atoms with Gasteiger partial charge in [0.1, 0.15) is 0 Å². The molecule has 0 aliphatic carbocycles. The van der Waals surface area contributed by atoms with Crippen molar-refractivity contribution in [2.75, 3.05) is 11.9 Å². The van der Waals surface area contributed by atoms with Gasteiger partial charge in [-0.2, -0.15) is 5.11 Å². The number of rotatable bonds is 4. The van der Waals surface area contributed by atoms with Gasteiger partial charge in [0.25, 0.3) is 5.69 Å². The largest absolute Gasteiger partial charge is 0.478 e. The van der Waals surface area contributed by atoms with Gasteiger partial charge in [-0.15, -0.1) is 5.11 Å². The first-order valence-electron chi connectivity index (χ1n) is 8.14. The van der Waals surface area contributed by atoms with Crippen LogP contribution in [0.2, 0.25) is 0 Å². The van der Waals surface area contributed by atoms with E-state index in [1.54, 1.807) is 6.07 Å². The van der Waals surface area contributed by atoms with E-state index in [1.807, 2.05) is 24.1 Å². The summed E-state index contributed by atoms with van der Waals surface area (Å²) in [5, 5.41) is 28.3. The molecule has 2 aromatic carbocycles. The molecule has 3 rings (SSSR count). The zero-order valence-electron chi connectivity index (χ0n) is 15.1. The molecule has 0 saturated heterocycles. The Balaban J connectivity index is 1.99. The maximum Gasteiger partial charge on any atom is 0.335 e. The third kappa shape index (κ3) is 3.05. The number of allylic oxidation sites excluding steroid dienone is 1. The van der Waals surface area contributed by atoms with Crippen molar-refractivity contribution >= 4 is 28.7 Å². The SMILES string of the molecule is C=C1N(C)c2ccc(/N=N\c3ccc(C(=O)O)cc3[N+](=O)[O-])cc2C1(C)C. The number of anilines is 1. The monoisotopic (exact) mass is 366 g/mol. The second kappa shape index (κ2) is 6.31. The zero-order chi connectivity index (χ0) is 19.9. The molecular weight excluding hydrogens is 348 g/mol. The van der Waals surface area contributed by atoms with Crippen LogP contribution in [-0.4, -0.2) is 23.0 Å². The molecular formula is C19H18N4O4. The maximum atomic E-state index is 11.2. The number of hydrogen-bond donors (Lipinski definition) is 1. The minimum absolute atomic E-state index is 0.00807. The van der Waals surface area contributed by atoms with Crippen molar-refractivity contribution < 1.29 is 14.8 Å². The highest BCUT2D eigenvalue weighted by molar-refractivity contribution is 5.89. The number of carboxylic acids is 1. The summed E-state index contributed by atoms with van der Waals surface area (Å²) in [5.74, 6) is -1.24. The van der Waals surface area contributed by atoms with Gasteiger partial charge in [-0.1, -0.05) is 20.4 Å². The fraction of sp³-hybridized carbons (Fsp3) is 0.211. The van der Waals surface area contributed by atoms with E-state index in [1.165, 1.54) is 12.1 Å². The van der Waals surface area contributed by atoms with Gasteiger partial charge < -0.3 is 10.0 Å². The molecule has 8 nitrogen and oxygen atoms in total. The van der Waals surface area contributed by atoms with Gasteiger partial charge in [0.2, 0.25) is 0 Å². The molecule has 0 unspecified atom stereocenters. The lowest BCUT2D eigenvalue weighted by Gasteiger charge is -2.22. The molecule has 8 heteroatoms. The first kappa shape index (κ1) is 18.2. The van der Waals surface area contributed by atoms with Crippen molar-refractivity contribution in [2.45, 2.75) is 19.3 Å². The van der Waals surface area contributed by atoms with E-state index in [0.717, 1.165) is 23.0 Å². The summed E-state index contributed by atoms with van der Waals surface area (Å²) >= 11 is 0. The van der Waals surface area contributed by atoms with Crippen LogP contribution in [0.1, 0.15) is 29.8 Å². The van der Waals surface area contributed by atoms with E-state index in [0.29, 0.717) is 5.69 Å². The number of azo groups is 1. The van der Waals surface area contributed by atoms with Crippen LogP contribution >= 0.6 is 0 Å². The smallest absolute Gasteiger partial charge is 0.335 e. The minimum Gasteiger partial charge on any atom is -0.478 e. The molecule has 1 aliphatic rings. The second-order valence-corrected chi connectivity index (χ2v) is 6.80. The molecule has 1 heterocycles. The number of aromatic carboxylic acids is 1. The van der Waals surface area contributed by atoms with E-state index in [2.05, 4.69) is 30.7 Å². The Morgan fingerprint density at radius 2 is 1.93 bits per heavy atom. The highest BCUT2D eigenvalue weighted by atomic mass is 16.6. The van der Waals surface area contributed by atoms with Crippen LogP contribution in [0.3, 0.4) is 0 Å². The third-order valence-electron chi connectivity index (χ3n) is 4.83. The van der Waals surface area contributed by atoms with Crippen LogP contribution in [0.5, 0.6) is 0 Å². The quantitative estimate of drug-likeness (QED) is 0.468. The van der Waals surface area contributed by atoms with Crippen LogP contribution in [0, 0.1) is 10.1 Å². The highest BCUT2D eigenvalue weighted by Crippen LogP contribution is 2.47. The maximum absolute atomic E-state index is 11.2. The molecule has 0 saturated carbocycles. The lowest BCUT2D eigenvalue weighted by molar-refractivity contribution is -0.384. The molecule has 0 atom stereocenters. The number of fused-ring (bicyclic) bond motifs is 1. The van der Waals surface area contributed by atoms with Crippen LogP contribution < -0.4 is 4.90 Å². The van der Waals surface area contributed by atoms with Gasteiger partial charge in [0, 0.05) is 29.9 Å². The average molecular weight is 366 g/mol. The van der Waals surface area contributed by atoms with Gasteiger partial charge in [-0.05, 0) is 35.9 Å². The number of nitro groups is 1. The molecule has 0 amide bonds. The minimum atomic E-state index is -1.24. The number of nitrogens with zero attached hydrogens (tertiary/aromatic N) is 4. The molecule has 0 fully saturated rings. The Morgan fingerprint density at radius 3 is 2.56 bits per heavy atom. The van der Waals surface area contributed by atoms with Crippen molar-refractivity contribution in [2.24, 2.45) is 10.2 Å². The van der Waals surface area contributed by atoms with Crippen LogP contribution in [0.25, 0.3) is 0 Å². The van der Waals surface area contributed by atoms with E-state index in [4.69, 9.17) is 5.11 Å². The normalized spacial score (nSPS) is 15.2. The Morgan fingerprint density at radius 1 is 1.22 bits per heavy atom. The Kier molecular flexibility index (Phi) is 4.27. The molecule has 0 radical (unpaired) electrons. The Labute approximate surface area is 155 Å². The molecule has 1 aliphatic heterocycles. The third-order valence-corrected chi connectivity index (χ3v) is 4.83. The van der Waals surface area contributed by atoms with Crippen molar-refractivity contribution in [1.29, 1.82) is 0 Å². The van der Waals surface area contributed by atoms with Gasteiger partial charge in [0.15, 0.2) is 5.69 Å². The van der Waals surface area contributed by atoms with E-state index in [9.17, 15) is 14.9 Å². The number of hydrogen-bond acceptors (Lipinski definition) is 6. The fourth-order valence-electron chi connectivity index (χ4n) is 3.10. The molecule has 27 heavy (non-hydrogen) atoms. The van der Waals surface area contributed by atoms with Gasteiger partial charge in [-0.3, -0.25) is 10.1 Å². The van der Waals surface area contributed by atoms with Crippen molar-refractivity contribution in [3.05, 3.63) is 69.9 Å². The van der Waals surface area contributed by atoms with Crippen molar-refractivity contribution in [3.63, 3.8) is 0 Å². The summed E-state index contributed by atoms with van der Waals surface area (Å²) in [4.78, 5) is 23.6. The number of carboxylic acid groups (broad SMARTS) is 1. The molecule has 0 bridgehead atoms. The van der Waals surface area contributed by atoms with E-state index in [-0.39, 0.29) is 16.7 Å². The topological polar surface area (TPSA) is 108 Å². The number of carbonyl (C=O) groups is 1. The van der Waals surface area contributed by atoms with E-state index >= 15 is 0 Å².